The van der Waals surface area contributed by atoms with Crippen molar-refractivity contribution in [3.05, 3.63) is 0 Å². The average Bonchev–Trinajstić information content (AvgIpc) is 2.66. The van der Waals surface area contributed by atoms with Crippen LogP contribution < -0.4 is 10.6 Å². The highest BCUT2D eigenvalue weighted by Crippen LogP contribution is 2.25. The van der Waals surface area contributed by atoms with Gasteiger partial charge in [0.2, 0.25) is 5.91 Å². The Balaban J connectivity index is 2.18. The molecular formula is C11H20N2O3. The monoisotopic (exact) mass is 228 g/mol. The molecule has 0 spiro atoms. The van der Waals surface area contributed by atoms with Crippen LogP contribution in [-0.4, -0.2) is 36.6 Å². The number of rotatable bonds is 6. The van der Waals surface area contributed by atoms with E-state index in [-0.39, 0.29) is 17.9 Å². The van der Waals surface area contributed by atoms with Crippen molar-refractivity contribution in [2.75, 3.05) is 13.6 Å². The summed E-state index contributed by atoms with van der Waals surface area (Å²) < 4.78 is 0. The number of carboxylic acids is 1. The molecule has 1 aliphatic rings. The lowest BCUT2D eigenvalue weighted by Crippen LogP contribution is -2.33. The predicted octanol–water partition coefficient (Wildman–Crippen LogP) is 0.355. The lowest BCUT2D eigenvalue weighted by Gasteiger charge is -2.12. The highest BCUT2D eigenvalue weighted by molar-refractivity contribution is 5.76. The molecule has 1 fully saturated rings. The van der Waals surface area contributed by atoms with Gasteiger partial charge in [-0.25, -0.2) is 0 Å². The summed E-state index contributed by atoms with van der Waals surface area (Å²) in [5.41, 5.74) is 0. The Labute approximate surface area is 95.6 Å². The Morgan fingerprint density at radius 2 is 2.12 bits per heavy atom. The van der Waals surface area contributed by atoms with Gasteiger partial charge >= 0.3 is 5.97 Å². The molecule has 2 unspecified atom stereocenters. The van der Waals surface area contributed by atoms with Crippen molar-refractivity contribution >= 4 is 11.9 Å². The number of nitrogens with one attached hydrogen (secondary N) is 2. The quantitative estimate of drug-likeness (QED) is 0.573. The van der Waals surface area contributed by atoms with E-state index in [2.05, 4.69) is 10.6 Å². The van der Waals surface area contributed by atoms with Gasteiger partial charge in [0.1, 0.15) is 0 Å². The first kappa shape index (κ1) is 13.0. The van der Waals surface area contributed by atoms with Crippen LogP contribution in [0, 0.1) is 5.92 Å². The number of hydrogen-bond donors (Lipinski definition) is 3. The molecule has 1 saturated carbocycles. The molecule has 16 heavy (non-hydrogen) atoms. The molecular weight excluding hydrogens is 208 g/mol. The third kappa shape index (κ3) is 4.18. The molecule has 5 heteroatoms. The topological polar surface area (TPSA) is 78.4 Å². The van der Waals surface area contributed by atoms with E-state index in [0.29, 0.717) is 19.3 Å². The summed E-state index contributed by atoms with van der Waals surface area (Å²) in [7, 11) is 1.85. The summed E-state index contributed by atoms with van der Waals surface area (Å²) in [6, 6.07) is 0.0585. The Bertz CT molecular complexity index is 256. The Hall–Kier alpha value is -1.10. The van der Waals surface area contributed by atoms with Gasteiger partial charge in [0, 0.05) is 12.5 Å². The standard InChI is InChI=1S/C11H20N2O3/c1-12-6-2-3-10(14)13-9-5-4-8(7-9)11(15)16/h8-9,12H,2-7H2,1H3,(H,13,14)(H,15,16). The zero-order valence-corrected chi connectivity index (χ0v) is 9.66. The first-order chi connectivity index (χ1) is 7.63. The number of aliphatic carboxylic acids is 1. The minimum absolute atomic E-state index is 0.0336. The fourth-order valence-electron chi connectivity index (χ4n) is 2.06. The summed E-state index contributed by atoms with van der Waals surface area (Å²) >= 11 is 0. The summed E-state index contributed by atoms with van der Waals surface area (Å²) in [6.07, 6.45) is 3.37. The number of amides is 1. The second kappa shape index (κ2) is 6.48. The van der Waals surface area contributed by atoms with Crippen LogP contribution in [0.25, 0.3) is 0 Å². The third-order valence-electron chi connectivity index (χ3n) is 2.98. The number of carbonyl (C=O) groups excluding carboxylic acids is 1. The van der Waals surface area contributed by atoms with Crippen LogP contribution >= 0.6 is 0 Å². The van der Waals surface area contributed by atoms with Crippen LogP contribution in [0.2, 0.25) is 0 Å². The van der Waals surface area contributed by atoms with Gasteiger partial charge in [-0.05, 0) is 39.3 Å². The Morgan fingerprint density at radius 3 is 2.69 bits per heavy atom. The van der Waals surface area contributed by atoms with Gasteiger partial charge in [0.15, 0.2) is 0 Å². The summed E-state index contributed by atoms with van der Waals surface area (Å²) in [5, 5.41) is 14.7. The molecule has 0 aromatic heterocycles. The molecule has 1 amide bonds. The molecule has 0 aromatic rings. The minimum Gasteiger partial charge on any atom is -0.481 e. The average molecular weight is 228 g/mol. The maximum absolute atomic E-state index is 11.5. The van der Waals surface area contributed by atoms with Crippen molar-refractivity contribution in [2.24, 2.45) is 5.92 Å². The van der Waals surface area contributed by atoms with Crippen LogP contribution in [0.3, 0.4) is 0 Å². The third-order valence-corrected chi connectivity index (χ3v) is 2.98. The van der Waals surface area contributed by atoms with Gasteiger partial charge in [-0.15, -0.1) is 0 Å². The molecule has 1 rings (SSSR count). The second-order valence-corrected chi connectivity index (χ2v) is 4.32. The van der Waals surface area contributed by atoms with Gasteiger partial charge in [-0.2, -0.15) is 0 Å². The Kier molecular flexibility index (Phi) is 5.25. The zero-order valence-electron chi connectivity index (χ0n) is 9.66. The van der Waals surface area contributed by atoms with E-state index in [1.165, 1.54) is 0 Å². The summed E-state index contributed by atoms with van der Waals surface area (Å²) in [4.78, 5) is 22.2. The van der Waals surface area contributed by atoms with Crippen LogP contribution in [0.5, 0.6) is 0 Å². The van der Waals surface area contributed by atoms with E-state index >= 15 is 0 Å². The zero-order chi connectivity index (χ0) is 12.0. The van der Waals surface area contributed by atoms with E-state index in [1.807, 2.05) is 7.05 Å². The molecule has 0 radical (unpaired) electrons. The smallest absolute Gasteiger partial charge is 0.306 e. The van der Waals surface area contributed by atoms with Gasteiger partial charge in [0.05, 0.1) is 5.92 Å². The van der Waals surface area contributed by atoms with Gasteiger partial charge in [0.25, 0.3) is 0 Å². The predicted molar refractivity (Wildman–Crippen MR) is 60.1 cm³/mol. The maximum Gasteiger partial charge on any atom is 0.306 e. The molecule has 0 bridgehead atoms. The van der Waals surface area contributed by atoms with E-state index in [0.717, 1.165) is 19.4 Å². The van der Waals surface area contributed by atoms with Crippen molar-refractivity contribution in [1.82, 2.24) is 10.6 Å². The van der Waals surface area contributed by atoms with Crippen LogP contribution in [0.4, 0.5) is 0 Å². The first-order valence-corrected chi connectivity index (χ1v) is 5.80. The largest absolute Gasteiger partial charge is 0.481 e. The molecule has 3 N–H and O–H groups in total. The van der Waals surface area contributed by atoms with Crippen molar-refractivity contribution in [1.29, 1.82) is 0 Å². The highest BCUT2D eigenvalue weighted by Gasteiger charge is 2.30. The molecule has 2 atom stereocenters. The molecule has 1 aliphatic carbocycles. The van der Waals surface area contributed by atoms with Crippen molar-refractivity contribution in [3.8, 4) is 0 Å². The fourth-order valence-corrected chi connectivity index (χ4v) is 2.06. The molecule has 0 saturated heterocycles. The molecule has 92 valence electrons. The Morgan fingerprint density at radius 1 is 1.38 bits per heavy atom. The number of carboxylic acid groups (broad SMARTS) is 1. The van der Waals surface area contributed by atoms with Gasteiger partial charge in [-0.3, -0.25) is 9.59 Å². The number of carbonyl (C=O) groups is 2. The number of hydrogen-bond acceptors (Lipinski definition) is 3. The van der Waals surface area contributed by atoms with E-state index < -0.39 is 5.97 Å². The maximum atomic E-state index is 11.5. The van der Waals surface area contributed by atoms with Crippen LogP contribution in [0.1, 0.15) is 32.1 Å². The minimum atomic E-state index is -0.744. The molecule has 0 heterocycles. The van der Waals surface area contributed by atoms with Crippen molar-refractivity contribution < 1.29 is 14.7 Å². The summed E-state index contributed by atoms with van der Waals surface area (Å²) in [6.45, 7) is 0.829. The molecule has 0 aromatic carbocycles. The van der Waals surface area contributed by atoms with E-state index in [4.69, 9.17) is 5.11 Å². The second-order valence-electron chi connectivity index (χ2n) is 4.32. The van der Waals surface area contributed by atoms with Crippen molar-refractivity contribution in [3.63, 3.8) is 0 Å². The lowest BCUT2D eigenvalue weighted by atomic mass is 10.1. The normalized spacial score (nSPS) is 24.3. The van der Waals surface area contributed by atoms with Gasteiger partial charge in [-0.1, -0.05) is 0 Å². The van der Waals surface area contributed by atoms with Crippen molar-refractivity contribution in [2.45, 2.75) is 38.1 Å². The fraction of sp³-hybridized carbons (Fsp3) is 0.818. The lowest BCUT2D eigenvalue weighted by molar-refractivity contribution is -0.141. The first-order valence-electron chi connectivity index (χ1n) is 5.80. The molecule has 0 aliphatic heterocycles. The van der Waals surface area contributed by atoms with E-state index in [9.17, 15) is 9.59 Å². The van der Waals surface area contributed by atoms with Crippen LogP contribution in [0.15, 0.2) is 0 Å². The summed E-state index contributed by atoms with van der Waals surface area (Å²) in [5.74, 6) is -0.985. The van der Waals surface area contributed by atoms with Crippen LogP contribution in [-0.2, 0) is 9.59 Å². The van der Waals surface area contributed by atoms with Gasteiger partial charge < -0.3 is 15.7 Å². The SMILES string of the molecule is CNCCCC(=O)NC1CCC(C(=O)O)C1. The van der Waals surface area contributed by atoms with E-state index in [1.54, 1.807) is 0 Å². The highest BCUT2D eigenvalue weighted by atomic mass is 16.4. The molecule has 5 nitrogen and oxygen atoms in total.